The van der Waals surface area contributed by atoms with E-state index >= 15 is 0 Å². The maximum atomic E-state index is 13.0. The highest BCUT2D eigenvalue weighted by Gasteiger charge is 2.34. The summed E-state index contributed by atoms with van der Waals surface area (Å²) in [5, 5.41) is 11.8. The van der Waals surface area contributed by atoms with Gasteiger partial charge in [-0.2, -0.15) is 0 Å². The second kappa shape index (κ2) is 6.17. The first kappa shape index (κ1) is 14.7. The number of hydrogen-bond donors (Lipinski definition) is 2. The number of carboxylic acid groups (broad SMARTS) is 1. The molecule has 0 saturated carbocycles. The Morgan fingerprint density at radius 1 is 1.25 bits per heavy atom. The molecule has 1 aliphatic carbocycles. The van der Waals surface area contributed by atoms with Crippen LogP contribution in [0.15, 0.2) is 34.8 Å². The molecule has 1 amide bonds. The van der Waals surface area contributed by atoms with Crippen molar-refractivity contribution in [2.45, 2.75) is 12.8 Å². The van der Waals surface area contributed by atoms with E-state index < -0.39 is 23.6 Å². The van der Waals surface area contributed by atoms with E-state index in [9.17, 15) is 14.0 Å². The molecule has 2 atom stereocenters. The molecule has 0 spiro atoms. The third kappa shape index (κ3) is 3.25. The zero-order valence-corrected chi connectivity index (χ0v) is 12.1. The molecular formula is C14H13BrFNO3. The van der Waals surface area contributed by atoms with Crippen LogP contribution < -0.4 is 5.32 Å². The summed E-state index contributed by atoms with van der Waals surface area (Å²) in [4.78, 5) is 23.4. The van der Waals surface area contributed by atoms with Crippen molar-refractivity contribution in [1.29, 1.82) is 0 Å². The Morgan fingerprint density at radius 3 is 2.50 bits per heavy atom. The minimum atomic E-state index is -0.979. The molecule has 0 aliphatic heterocycles. The van der Waals surface area contributed by atoms with Gasteiger partial charge in [0, 0.05) is 4.47 Å². The Kier molecular flexibility index (Phi) is 4.54. The van der Waals surface area contributed by atoms with Crippen LogP contribution in [0.5, 0.6) is 0 Å². The maximum Gasteiger partial charge on any atom is 0.307 e. The third-order valence-electron chi connectivity index (χ3n) is 3.28. The van der Waals surface area contributed by atoms with Gasteiger partial charge in [0.25, 0.3) is 0 Å². The van der Waals surface area contributed by atoms with Gasteiger partial charge in [0.05, 0.1) is 17.5 Å². The Morgan fingerprint density at radius 2 is 1.90 bits per heavy atom. The fourth-order valence-corrected chi connectivity index (χ4v) is 2.64. The molecule has 1 aromatic carbocycles. The van der Waals surface area contributed by atoms with E-state index in [2.05, 4.69) is 21.2 Å². The molecule has 0 saturated heterocycles. The standard InChI is InChI=1S/C14H13BrFNO3/c15-11-7-8(16)5-6-12(11)17-13(18)9-3-1-2-4-10(9)14(19)20/h1-2,5-7,9-10H,3-4H2,(H,17,18)(H,19,20). The van der Waals surface area contributed by atoms with Gasteiger partial charge in [-0.3, -0.25) is 9.59 Å². The molecule has 4 nitrogen and oxygen atoms in total. The number of benzene rings is 1. The average Bonchev–Trinajstić information content (AvgIpc) is 2.41. The molecule has 2 rings (SSSR count). The van der Waals surface area contributed by atoms with E-state index in [1.807, 2.05) is 6.08 Å². The van der Waals surface area contributed by atoms with E-state index in [1.54, 1.807) is 6.08 Å². The quantitative estimate of drug-likeness (QED) is 0.829. The number of rotatable bonds is 3. The van der Waals surface area contributed by atoms with Crippen LogP contribution in [0.3, 0.4) is 0 Å². The summed E-state index contributed by atoms with van der Waals surface area (Å²) >= 11 is 3.16. The number of anilines is 1. The van der Waals surface area contributed by atoms with Crippen LogP contribution in [0.4, 0.5) is 10.1 Å². The van der Waals surface area contributed by atoms with Crippen LogP contribution in [-0.4, -0.2) is 17.0 Å². The maximum absolute atomic E-state index is 13.0. The molecule has 0 bridgehead atoms. The van der Waals surface area contributed by atoms with Crippen molar-refractivity contribution < 1.29 is 19.1 Å². The molecule has 106 valence electrons. The van der Waals surface area contributed by atoms with Gasteiger partial charge >= 0.3 is 5.97 Å². The van der Waals surface area contributed by atoms with Gasteiger partial charge in [0.15, 0.2) is 0 Å². The van der Waals surface area contributed by atoms with E-state index in [1.165, 1.54) is 18.2 Å². The molecule has 20 heavy (non-hydrogen) atoms. The van der Waals surface area contributed by atoms with E-state index in [4.69, 9.17) is 5.11 Å². The predicted octanol–water partition coefficient (Wildman–Crippen LogP) is 3.19. The Bertz CT molecular complexity index is 574. The lowest BCUT2D eigenvalue weighted by atomic mass is 9.82. The fourth-order valence-electron chi connectivity index (χ4n) is 2.19. The summed E-state index contributed by atoms with van der Waals surface area (Å²) in [6.07, 6.45) is 4.32. The minimum Gasteiger partial charge on any atom is -0.481 e. The van der Waals surface area contributed by atoms with Crippen LogP contribution in [0.2, 0.25) is 0 Å². The summed E-state index contributed by atoms with van der Waals surface area (Å²) in [6.45, 7) is 0. The molecule has 0 heterocycles. The number of amides is 1. The van der Waals surface area contributed by atoms with Gasteiger partial charge in [-0.25, -0.2) is 4.39 Å². The van der Waals surface area contributed by atoms with Crippen LogP contribution in [0.25, 0.3) is 0 Å². The largest absolute Gasteiger partial charge is 0.481 e. The van der Waals surface area contributed by atoms with Gasteiger partial charge in [-0.05, 0) is 47.0 Å². The highest BCUT2D eigenvalue weighted by molar-refractivity contribution is 9.10. The SMILES string of the molecule is O=C(O)C1CC=CCC1C(=O)Nc1ccc(F)cc1Br. The highest BCUT2D eigenvalue weighted by Crippen LogP contribution is 2.29. The first-order chi connectivity index (χ1) is 9.49. The number of carbonyl (C=O) groups excluding carboxylic acids is 1. The predicted molar refractivity (Wildman–Crippen MR) is 75.7 cm³/mol. The molecule has 0 fully saturated rings. The molecule has 1 aromatic rings. The number of allylic oxidation sites excluding steroid dienone is 2. The number of halogens is 2. The van der Waals surface area contributed by atoms with Gasteiger partial charge in [-0.15, -0.1) is 0 Å². The summed E-state index contributed by atoms with van der Waals surface area (Å²) in [7, 11) is 0. The second-order valence-corrected chi connectivity index (χ2v) is 5.46. The van der Waals surface area contributed by atoms with Crippen molar-refractivity contribution in [2.75, 3.05) is 5.32 Å². The fraction of sp³-hybridized carbons (Fsp3) is 0.286. The van der Waals surface area contributed by atoms with Crippen molar-refractivity contribution in [3.05, 3.63) is 40.6 Å². The Balaban J connectivity index is 2.14. The third-order valence-corrected chi connectivity index (χ3v) is 3.93. The van der Waals surface area contributed by atoms with Crippen LogP contribution in [0.1, 0.15) is 12.8 Å². The summed E-state index contributed by atoms with van der Waals surface area (Å²) < 4.78 is 13.4. The average molecular weight is 342 g/mol. The van der Waals surface area contributed by atoms with Crippen molar-refractivity contribution >= 4 is 33.5 Å². The number of carboxylic acids is 1. The van der Waals surface area contributed by atoms with Crippen molar-refractivity contribution in [3.63, 3.8) is 0 Å². The van der Waals surface area contributed by atoms with Crippen LogP contribution in [-0.2, 0) is 9.59 Å². The van der Waals surface area contributed by atoms with Gasteiger partial charge < -0.3 is 10.4 Å². The minimum absolute atomic E-state index is 0.345. The normalized spacial score (nSPS) is 21.5. The molecule has 0 aromatic heterocycles. The van der Waals surface area contributed by atoms with Crippen LogP contribution in [0, 0.1) is 17.7 Å². The van der Waals surface area contributed by atoms with Gasteiger partial charge in [0.1, 0.15) is 5.82 Å². The lowest BCUT2D eigenvalue weighted by Gasteiger charge is -2.24. The van der Waals surface area contributed by atoms with Crippen molar-refractivity contribution in [3.8, 4) is 0 Å². The zero-order chi connectivity index (χ0) is 14.7. The second-order valence-electron chi connectivity index (χ2n) is 4.61. The van der Waals surface area contributed by atoms with E-state index in [-0.39, 0.29) is 5.91 Å². The first-order valence-corrected chi connectivity index (χ1v) is 6.92. The first-order valence-electron chi connectivity index (χ1n) is 6.12. The van der Waals surface area contributed by atoms with Crippen LogP contribution >= 0.6 is 15.9 Å². The zero-order valence-electron chi connectivity index (χ0n) is 10.5. The Hall–Kier alpha value is -1.69. The molecule has 2 N–H and O–H groups in total. The molecule has 6 heteroatoms. The molecule has 2 unspecified atom stereocenters. The highest BCUT2D eigenvalue weighted by atomic mass is 79.9. The molecular weight excluding hydrogens is 329 g/mol. The summed E-state index contributed by atoms with van der Waals surface area (Å²) in [5.74, 6) is -3.10. The van der Waals surface area contributed by atoms with Crippen molar-refractivity contribution in [2.24, 2.45) is 11.8 Å². The summed E-state index contributed by atoms with van der Waals surface area (Å²) in [5.41, 5.74) is 0.426. The summed E-state index contributed by atoms with van der Waals surface area (Å²) in [6, 6.07) is 3.91. The van der Waals surface area contributed by atoms with E-state index in [0.29, 0.717) is 23.0 Å². The smallest absolute Gasteiger partial charge is 0.307 e. The number of aliphatic carboxylic acids is 1. The lowest BCUT2D eigenvalue weighted by Crippen LogP contribution is -2.34. The molecule has 1 aliphatic rings. The number of carbonyl (C=O) groups is 2. The van der Waals surface area contributed by atoms with Gasteiger partial charge in [0.2, 0.25) is 5.91 Å². The lowest BCUT2D eigenvalue weighted by molar-refractivity contribution is -0.146. The Labute approximate surface area is 123 Å². The van der Waals surface area contributed by atoms with Gasteiger partial charge in [-0.1, -0.05) is 12.2 Å². The van der Waals surface area contributed by atoms with E-state index in [0.717, 1.165) is 0 Å². The van der Waals surface area contributed by atoms with Crippen molar-refractivity contribution in [1.82, 2.24) is 0 Å². The molecule has 0 radical (unpaired) electrons. The number of hydrogen-bond acceptors (Lipinski definition) is 2. The number of nitrogens with one attached hydrogen (secondary N) is 1. The monoisotopic (exact) mass is 341 g/mol. The topological polar surface area (TPSA) is 66.4 Å².